The second-order valence-electron chi connectivity index (χ2n) is 5.66. The highest BCUT2D eigenvalue weighted by molar-refractivity contribution is 5.97. The highest BCUT2D eigenvalue weighted by atomic mass is 16.1. The first-order chi connectivity index (χ1) is 11.6. The van der Waals surface area contributed by atoms with Crippen LogP contribution in [-0.4, -0.2) is 17.9 Å². The molecule has 0 bridgehead atoms. The van der Waals surface area contributed by atoms with E-state index in [0.29, 0.717) is 6.54 Å². The standard InChI is InChI=1S/C20H21N3O/c1-16(18-11-7-4-8-12-18)22-20(24)19(13-21)15-23(2)14-17-9-5-3-6-10-17/h3-12,15-16H,14H2,1-2H3,(H,22,24)/b19-15-. The minimum atomic E-state index is -0.367. The van der Waals surface area contributed by atoms with Gasteiger partial charge in [-0.2, -0.15) is 5.26 Å². The van der Waals surface area contributed by atoms with E-state index >= 15 is 0 Å². The van der Waals surface area contributed by atoms with Gasteiger partial charge in [-0.25, -0.2) is 0 Å². The number of nitriles is 1. The van der Waals surface area contributed by atoms with Crippen LogP contribution in [0, 0.1) is 11.3 Å². The molecule has 0 heterocycles. The van der Waals surface area contributed by atoms with Gasteiger partial charge in [0.15, 0.2) is 0 Å². The second-order valence-corrected chi connectivity index (χ2v) is 5.66. The van der Waals surface area contributed by atoms with Crippen LogP contribution in [0.3, 0.4) is 0 Å². The van der Waals surface area contributed by atoms with Crippen molar-refractivity contribution in [3.05, 3.63) is 83.6 Å². The molecule has 122 valence electrons. The van der Waals surface area contributed by atoms with Gasteiger partial charge in [-0.05, 0) is 18.1 Å². The summed E-state index contributed by atoms with van der Waals surface area (Å²) in [4.78, 5) is 14.2. The Labute approximate surface area is 143 Å². The quantitative estimate of drug-likeness (QED) is 0.656. The molecule has 0 spiro atoms. The lowest BCUT2D eigenvalue weighted by molar-refractivity contribution is -0.117. The van der Waals surface area contributed by atoms with E-state index in [9.17, 15) is 10.1 Å². The second kappa shape index (κ2) is 8.54. The molecule has 4 heteroatoms. The number of hydrogen-bond donors (Lipinski definition) is 1. The first kappa shape index (κ1) is 17.3. The zero-order valence-electron chi connectivity index (χ0n) is 13.9. The molecule has 24 heavy (non-hydrogen) atoms. The summed E-state index contributed by atoms with van der Waals surface area (Å²) < 4.78 is 0. The summed E-state index contributed by atoms with van der Waals surface area (Å²) in [7, 11) is 1.85. The molecule has 1 amide bonds. The van der Waals surface area contributed by atoms with Crippen molar-refractivity contribution in [3.8, 4) is 6.07 Å². The van der Waals surface area contributed by atoms with Gasteiger partial charge in [-0.3, -0.25) is 4.79 Å². The highest BCUT2D eigenvalue weighted by Gasteiger charge is 2.14. The van der Waals surface area contributed by atoms with Gasteiger partial charge in [-0.1, -0.05) is 60.7 Å². The normalized spacial score (nSPS) is 12.1. The Morgan fingerprint density at radius 2 is 1.75 bits per heavy atom. The van der Waals surface area contributed by atoms with Crippen molar-refractivity contribution < 1.29 is 4.79 Å². The number of nitrogens with zero attached hydrogens (tertiary/aromatic N) is 2. The van der Waals surface area contributed by atoms with E-state index in [2.05, 4.69) is 5.32 Å². The van der Waals surface area contributed by atoms with Crippen molar-refractivity contribution in [1.29, 1.82) is 5.26 Å². The lowest BCUT2D eigenvalue weighted by Gasteiger charge is -2.17. The maximum absolute atomic E-state index is 12.3. The van der Waals surface area contributed by atoms with Crippen LogP contribution in [0.25, 0.3) is 0 Å². The number of rotatable bonds is 6. The fourth-order valence-electron chi connectivity index (χ4n) is 2.38. The minimum absolute atomic E-state index is 0.0937. The summed E-state index contributed by atoms with van der Waals surface area (Å²) in [6.45, 7) is 2.53. The zero-order valence-corrected chi connectivity index (χ0v) is 13.9. The van der Waals surface area contributed by atoms with Crippen LogP contribution in [0.2, 0.25) is 0 Å². The van der Waals surface area contributed by atoms with Gasteiger partial charge >= 0.3 is 0 Å². The average Bonchev–Trinajstić information content (AvgIpc) is 2.61. The van der Waals surface area contributed by atoms with Crippen molar-refractivity contribution in [1.82, 2.24) is 10.2 Å². The summed E-state index contributed by atoms with van der Waals surface area (Å²) >= 11 is 0. The van der Waals surface area contributed by atoms with Gasteiger partial charge in [0.05, 0.1) is 6.04 Å². The predicted molar refractivity (Wildman–Crippen MR) is 94.6 cm³/mol. The summed E-state index contributed by atoms with van der Waals surface area (Å²) in [5.41, 5.74) is 2.21. The smallest absolute Gasteiger partial charge is 0.263 e. The fraction of sp³-hybridized carbons (Fsp3) is 0.200. The van der Waals surface area contributed by atoms with E-state index in [0.717, 1.165) is 11.1 Å². The Morgan fingerprint density at radius 3 is 2.33 bits per heavy atom. The molecule has 2 rings (SSSR count). The summed E-state index contributed by atoms with van der Waals surface area (Å²) in [6.07, 6.45) is 1.58. The van der Waals surface area contributed by atoms with Crippen molar-refractivity contribution in [3.63, 3.8) is 0 Å². The van der Waals surface area contributed by atoms with Crippen molar-refractivity contribution in [2.45, 2.75) is 19.5 Å². The van der Waals surface area contributed by atoms with E-state index in [4.69, 9.17) is 0 Å². The molecule has 0 aliphatic heterocycles. The summed E-state index contributed by atoms with van der Waals surface area (Å²) in [5.74, 6) is -0.367. The zero-order chi connectivity index (χ0) is 17.4. The number of carbonyl (C=O) groups excluding carboxylic acids is 1. The van der Waals surface area contributed by atoms with Crippen molar-refractivity contribution in [2.75, 3.05) is 7.05 Å². The third-order valence-electron chi connectivity index (χ3n) is 3.64. The van der Waals surface area contributed by atoms with Crippen LogP contribution in [-0.2, 0) is 11.3 Å². The van der Waals surface area contributed by atoms with Crippen molar-refractivity contribution >= 4 is 5.91 Å². The van der Waals surface area contributed by atoms with E-state index in [1.165, 1.54) is 0 Å². The van der Waals surface area contributed by atoms with Gasteiger partial charge < -0.3 is 10.2 Å². The van der Waals surface area contributed by atoms with Gasteiger partial charge in [0.25, 0.3) is 5.91 Å². The third kappa shape index (κ3) is 4.99. The van der Waals surface area contributed by atoms with Gasteiger partial charge in [0.2, 0.25) is 0 Å². The number of nitrogens with one attached hydrogen (secondary N) is 1. The van der Waals surface area contributed by atoms with Crippen molar-refractivity contribution in [2.24, 2.45) is 0 Å². The molecule has 0 radical (unpaired) electrons. The number of hydrogen-bond acceptors (Lipinski definition) is 3. The maximum atomic E-state index is 12.3. The molecule has 0 aliphatic rings. The Hall–Kier alpha value is -3.06. The molecule has 0 aromatic heterocycles. The molecule has 2 aromatic carbocycles. The van der Waals surface area contributed by atoms with Crippen LogP contribution >= 0.6 is 0 Å². The van der Waals surface area contributed by atoms with Crippen LogP contribution in [0.5, 0.6) is 0 Å². The molecule has 0 aliphatic carbocycles. The van der Waals surface area contributed by atoms with Crippen LogP contribution < -0.4 is 5.32 Å². The lowest BCUT2D eigenvalue weighted by Crippen LogP contribution is -2.28. The maximum Gasteiger partial charge on any atom is 0.263 e. The van der Waals surface area contributed by atoms with Crippen LogP contribution in [0.1, 0.15) is 24.1 Å². The molecule has 2 aromatic rings. The Kier molecular flexibility index (Phi) is 6.16. The molecule has 1 unspecified atom stereocenters. The molecular formula is C20H21N3O. The predicted octanol–water partition coefficient (Wildman–Crippen LogP) is 3.40. The summed E-state index contributed by atoms with van der Waals surface area (Å²) in [6, 6.07) is 21.4. The van der Waals surface area contributed by atoms with Gasteiger partial charge in [0, 0.05) is 19.8 Å². The molecule has 1 N–H and O–H groups in total. The Balaban J connectivity index is 2.01. The average molecular weight is 319 g/mol. The molecule has 0 fully saturated rings. The monoisotopic (exact) mass is 319 g/mol. The molecule has 0 saturated heterocycles. The summed E-state index contributed by atoms with van der Waals surface area (Å²) in [5, 5.41) is 12.1. The number of amides is 1. The van der Waals surface area contributed by atoms with E-state index in [1.807, 2.05) is 85.6 Å². The van der Waals surface area contributed by atoms with E-state index < -0.39 is 0 Å². The van der Waals surface area contributed by atoms with Gasteiger partial charge in [-0.15, -0.1) is 0 Å². The van der Waals surface area contributed by atoms with E-state index in [1.54, 1.807) is 6.20 Å². The lowest BCUT2D eigenvalue weighted by atomic mass is 10.1. The number of benzene rings is 2. The largest absolute Gasteiger partial charge is 0.375 e. The third-order valence-corrected chi connectivity index (χ3v) is 3.64. The van der Waals surface area contributed by atoms with E-state index in [-0.39, 0.29) is 17.5 Å². The van der Waals surface area contributed by atoms with Crippen LogP contribution in [0.4, 0.5) is 0 Å². The van der Waals surface area contributed by atoms with Gasteiger partial charge in [0.1, 0.15) is 11.6 Å². The Morgan fingerprint density at radius 1 is 1.17 bits per heavy atom. The van der Waals surface area contributed by atoms with Crippen LogP contribution in [0.15, 0.2) is 72.4 Å². The first-order valence-electron chi connectivity index (χ1n) is 7.82. The minimum Gasteiger partial charge on any atom is -0.375 e. The topological polar surface area (TPSA) is 56.1 Å². The molecule has 4 nitrogen and oxygen atoms in total. The molecule has 1 atom stereocenters. The Bertz CT molecular complexity index is 732. The SMILES string of the molecule is CC(NC(=O)/C(C#N)=C\N(C)Cc1ccccc1)c1ccccc1. The number of carbonyl (C=O) groups is 1. The molecular weight excluding hydrogens is 298 g/mol. The highest BCUT2D eigenvalue weighted by Crippen LogP contribution is 2.12. The molecule has 0 saturated carbocycles. The fourth-order valence-corrected chi connectivity index (χ4v) is 2.38. The first-order valence-corrected chi connectivity index (χ1v) is 7.82.